The van der Waals surface area contributed by atoms with E-state index in [0.29, 0.717) is 23.5 Å². The largest absolute Gasteiger partial charge is 0.393 e. The molecule has 1 saturated heterocycles. The molecular formula is C32H50N2O4S. The summed E-state index contributed by atoms with van der Waals surface area (Å²) in [5, 5.41) is 16.3. The molecule has 2 saturated carbocycles. The quantitative estimate of drug-likeness (QED) is 0.253. The number of benzene rings is 1. The van der Waals surface area contributed by atoms with E-state index in [1.807, 2.05) is 6.07 Å². The van der Waals surface area contributed by atoms with Gasteiger partial charge in [0, 0.05) is 0 Å². The summed E-state index contributed by atoms with van der Waals surface area (Å²) in [6, 6.07) is 5.72. The van der Waals surface area contributed by atoms with Gasteiger partial charge in [0.05, 0.1) is 6.10 Å². The lowest BCUT2D eigenvalue weighted by molar-refractivity contribution is -0.0812. The number of unbranched alkanes of at least 4 members (excludes halogenated alkanes) is 4. The molecule has 1 aliphatic heterocycles. The molecule has 39 heavy (non-hydrogen) atoms. The Labute approximate surface area is 236 Å². The maximum Gasteiger partial charge on any atom is 0.380 e. The molecule has 218 valence electrons. The summed E-state index contributed by atoms with van der Waals surface area (Å²) in [6.45, 7) is 10.6. The van der Waals surface area contributed by atoms with Gasteiger partial charge in [-0.25, -0.2) is 0 Å². The van der Waals surface area contributed by atoms with Gasteiger partial charge >= 0.3 is 10.3 Å². The Morgan fingerprint density at radius 1 is 1.13 bits per heavy atom. The average molecular weight is 559 g/mol. The third kappa shape index (κ3) is 5.98. The van der Waals surface area contributed by atoms with Crippen molar-refractivity contribution in [1.82, 2.24) is 4.90 Å². The number of nitrogens with zero attached hydrogens (tertiary/aromatic N) is 1. The van der Waals surface area contributed by atoms with Crippen LogP contribution in [0.1, 0.15) is 107 Å². The molecule has 3 unspecified atom stereocenters. The summed E-state index contributed by atoms with van der Waals surface area (Å²) in [5.74, 6) is 1.52. The highest BCUT2D eigenvalue weighted by atomic mass is 32.2. The first-order chi connectivity index (χ1) is 18.7. The number of piperidine rings is 1. The van der Waals surface area contributed by atoms with Gasteiger partial charge in [-0.1, -0.05) is 51.2 Å². The molecule has 0 amide bonds. The molecule has 0 bridgehead atoms. The van der Waals surface area contributed by atoms with Crippen molar-refractivity contribution in [3.8, 4) is 5.75 Å². The van der Waals surface area contributed by atoms with Crippen LogP contribution in [-0.2, 0) is 16.7 Å². The molecule has 0 radical (unpaired) electrons. The number of aliphatic hydroxyl groups excluding tert-OH is 1. The molecule has 1 aromatic carbocycles. The summed E-state index contributed by atoms with van der Waals surface area (Å²) >= 11 is 0. The lowest BCUT2D eigenvalue weighted by atomic mass is 9.44. The van der Waals surface area contributed by atoms with Crippen molar-refractivity contribution in [2.24, 2.45) is 27.8 Å². The second kappa shape index (κ2) is 11.8. The van der Waals surface area contributed by atoms with E-state index in [4.69, 9.17) is 9.32 Å². The topological polar surface area (TPSA) is 92.9 Å². The SMILES string of the molecule is C=CC12CCc3cc(OS(N)(=O)=O)ccc3C1[C@@H](CCCCCCCN1CCCCC1)C[C@@]1(C)C2CC[C@@H]1O. The van der Waals surface area contributed by atoms with Crippen LogP contribution in [0.4, 0.5) is 0 Å². The van der Waals surface area contributed by atoms with Gasteiger partial charge in [-0.2, -0.15) is 13.6 Å². The van der Waals surface area contributed by atoms with E-state index < -0.39 is 10.3 Å². The highest BCUT2D eigenvalue weighted by Crippen LogP contribution is 2.69. The normalized spacial score (nSPS) is 34.6. The van der Waals surface area contributed by atoms with Gasteiger partial charge in [-0.05, 0) is 129 Å². The summed E-state index contributed by atoms with van der Waals surface area (Å²) in [5.41, 5.74) is 2.37. The molecule has 0 aromatic heterocycles. The molecule has 6 atom stereocenters. The summed E-state index contributed by atoms with van der Waals surface area (Å²) in [4.78, 5) is 2.64. The van der Waals surface area contributed by atoms with E-state index in [-0.39, 0.29) is 16.9 Å². The first-order valence-electron chi connectivity index (χ1n) is 15.6. The minimum atomic E-state index is -4.06. The van der Waals surface area contributed by atoms with Crippen LogP contribution < -0.4 is 9.32 Å². The van der Waals surface area contributed by atoms with Crippen molar-refractivity contribution in [3.63, 3.8) is 0 Å². The first-order valence-corrected chi connectivity index (χ1v) is 17.0. The third-order valence-corrected chi connectivity index (χ3v) is 11.5. The van der Waals surface area contributed by atoms with Crippen molar-refractivity contribution in [1.29, 1.82) is 0 Å². The maximum atomic E-state index is 11.5. The first kappa shape index (κ1) is 29.1. The van der Waals surface area contributed by atoms with Crippen LogP contribution >= 0.6 is 0 Å². The second-order valence-electron chi connectivity index (χ2n) is 13.3. The number of aryl methyl sites for hydroxylation is 1. The molecule has 3 aliphatic carbocycles. The third-order valence-electron chi connectivity index (χ3n) is 11.1. The fourth-order valence-corrected chi connectivity index (χ4v) is 9.70. The maximum absolute atomic E-state index is 11.5. The van der Waals surface area contributed by atoms with Crippen LogP contribution in [0.3, 0.4) is 0 Å². The summed E-state index contributed by atoms with van der Waals surface area (Å²) in [6.07, 6.45) is 18.5. The Kier molecular flexibility index (Phi) is 8.83. The molecule has 1 aromatic rings. The monoisotopic (exact) mass is 558 g/mol. The zero-order valence-electron chi connectivity index (χ0n) is 24.0. The van der Waals surface area contributed by atoms with Crippen molar-refractivity contribution >= 4 is 10.3 Å². The summed E-state index contributed by atoms with van der Waals surface area (Å²) in [7, 11) is -4.06. The minimum Gasteiger partial charge on any atom is -0.393 e. The number of nitrogens with two attached hydrogens (primary N) is 1. The van der Waals surface area contributed by atoms with Crippen molar-refractivity contribution in [2.75, 3.05) is 19.6 Å². The van der Waals surface area contributed by atoms with Crippen LogP contribution in [0, 0.1) is 22.7 Å². The molecule has 6 nitrogen and oxygen atoms in total. The van der Waals surface area contributed by atoms with E-state index >= 15 is 0 Å². The zero-order valence-corrected chi connectivity index (χ0v) is 24.8. The van der Waals surface area contributed by atoms with Crippen molar-refractivity contribution in [2.45, 2.75) is 109 Å². The standard InChI is InChI=1S/C32H50N2O4S/c1-3-32-18-17-24-22-26(38-39(33,36)37)13-14-27(24)30(32)25(23-31(2)28(32)15-16-29(31)35)12-8-5-4-6-9-19-34-20-10-7-11-21-34/h3,13-14,22,25,28-30,35H,1,4-12,15-21,23H2,2H3,(H2,33,36,37)/t25-,28?,29-,30?,31-,32?/m0/s1. The van der Waals surface area contributed by atoms with Gasteiger partial charge in [0.1, 0.15) is 5.75 Å². The lowest BCUT2D eigenvalue weighted by Gasteiger charge is -2.60. The number of allylic oxidation sites excluding steroid dienone is 1. The van der Waals surface area contributed by atoms with Gasteiger partial charge in [-0.3, -0.25) is 0 Å². The van der Waals surface area contributed by atoms with E-state index in [0.717, 1.165) is 38.5 Å². The van der Waals surface area contributed by atoms with Crippen LogP contribution in [0.25, 0.3) is 0 Å². The number of likely N-dealkylation sites (tertiary alicyclic amines) is 1. The number of hydrogen-bond donors (Lipinski definition) is 2. The van der Waals surface area contributed by atoms with Gasteiger partial charge in [-0.15, -0.1) is 6.58 Å². The Morgan fingerprint density at radius 2 is 1.87 bits per heavy atom. The molecule has 4 aliphatic rings. The molecule has 5 rings (SSSR count). The lowest BCUT2D eigenvalue weighted by Crippen LogP contribution is -2.54. The van der Waals surface area contributed by atoms with Crippen LogP contribution in [-0.4, -0.2) is 44.2 Å². The molecule has 7 heteroatoms. The Bertz CT molecular complexity index is 1120. The predicted molar refractivity (Wildman–Crippen MR) is 157 cm³/mol. The van der Waals surface area contributed by atoms with Gasteiger partial charge < -0.3 is 14.2 Å². The number of hydrogen-bond acceptors (Lipinski definition) is 5. The molecule has 1 heterocycles. The molecule has 3 fully saturated rings. The predicted octanol–water partition coefficient (Wildman–Crippen LogP) is 6.09. The summed E-state index contributed by atoms with van der Waals surface area (Å²) < 4.78 is 28.1. The van der Waals surface area contributed by atoms with E-state index in [1.54, 1.807) is 6.07 Å². The van der Waals surface area contributed by atoms with Crippen molar-refractivity contribution < 1.29 is 17.7 Å². The molecule has 0 spiro atoms. The van der Waals surface area contributed by atoms with Crippen LogP contribution in [0.2, 0.25) is 0 Å². The van der Waals surface area contributed by atoms with Gasteiger partial charge in [0.15, 0.2) is 0 Å². The van der Waals surface area contributed by atoms with Crippen LogP contribution in [0.15, 0.2) is 30.9 Å². The minimum absolute atomic E-state index is 0.0428. The average Bonchev–Trinajstić information content (AvgIpc) is 3.21. The smallest absolute Gasteiger partial charge is 0.380 e. The second-order valence-corrected chi connectivity index (χ2v) is 14.5. The van der Waals surface area contributed by atoms with E-state index in [1.165, 1.54) is 82.1 Å². The number of rotatable bonds is 11. The Morgan fingerprint density at radius 3 is 2.62 bits per heavy atom. The van der Waals surface area contributed by atoms with Crippen molar-refractivity contribution in [3.05, 3.63) is 42.0 Å². The van der Waals surface area contributed by atoms with Gasteiger partial charge in [0.25, 0.3) is 0 Å². The Balaban J connectivity index is 1.30. The highest BCUT2D eigenvalue weighted by Gasteiger charge is 2.63. The number of fused-ring (bicyclic) bond motifs is 5. The fraction of sp³-hybridized carbons (Fsp3) is 0.750. The van der Waals surface area contributed by atoms with E-state index in [9.17, 15) is 13.5 Å². The van der Waals surface area contributed by atoms with Gasteiger partial charge in [0.2, 0.25) is 0 Å². The Hall–Kier alpha value is -1.41. The highest BCUT2D eigenvalue weighted by molar-refractivity contribution is 7.84. The van der Waals surface area contributed by atoms with Crippen LogP contribution in [0.5, 0.6) is 5.75 Å². The fourth-order valence-electron chi connectivity index (χ4n) is 9.32. The molecular weight excluding hydrogens is 508 g/mol. The molecule has 3 N–H and O–H groups in total. The van der Waals surface area contributed by atoms with E-state index in [2.05, 4.69) is 30.5 Å². The number of aliphatic hydroxyl groups is 1. The zero-order chi connectivity index (χ0) is 27.7.